The van der Waals surface area contributed by atoms with Crippen LogP contribution in [0.25, 0.3) is 10.1 Å². The van der Waals surface area contributed by atoms with Crippen molar-refractivity contribution in [3.8, 4) is 0 Å². The SMILES string of the molecule is O=C(O)c1ccn(C(=O)N2CCC3(CCCN3Cc3cc4ccc(C(F)(F)F)cc4s3)CC2)n1. The minimum Gasteiger partial charge on any atom is -0.476 e. The number of piperidine rings is 1. The number of alkyl halides is 3. The summed E-state index contributed by atoms with van der Waals surface area (Å²) in [5, 5.41) is 13.7. The molecule has 1 spiro atoms. The van der Waals surface area contributed by atoms with Crippen LogP contribution in [0.2, 0.25) is 0 Å². The summed E-state index contributed by atoms with van der Waals surface area (Å²) in [6, 6.07) is 6.82. The van der Waals surface area contributed by atoms with Crippen LogP contribution in [-0.4, -0.2) is 61.9 Å². The molecule has 1 amide bonds. The molecule has 5 rings (SSSR count). The molecule has 0 atom stereocenters. The number of fused-ring (bicyclic) bond motifs is 1. The number of carboxylic acids is 1. The molecule has 7 nitrogen and oxygen atoms in total. The Balaban J connectivity index is 1.27. The molecule has 180 valence electrons. The second-order valence-corrected chi connectivity index (χ2v) is 10.1. The first-order valence-corrected chi connectivity index (χ1v) is 11.9. The van der Waals surface area contributed by atoms with Crippen molar-refractivity contribution >= 4 is 33.4 Å². The summed E-state index contributed by atoms with van der Waals surface area (Å²) in [6.45, 7) is 2.67. The number of amides is 1. The van der Waals surface area contributed by atoms with Crippen LogP contribution in [0.3, 0.4) is 0 Å². The number of aromatic carboxylic acids is 1. The highest BCUT2D eigenvalue weighted by Gasteiger charge is 2.44. The first-order chi connectivity index (χ1) is 16.1. The van der Waals surface area contributed by atoms with Crippen LogP contribution < -0.4 is 0 Å². The molecule has 2 fully saturated rings. The molecule has 11 heteroatoms. The van der Waals surface area contributed by atoms with Crippen molar-refractivity contribution in [3.63, 3.8) is 0 Å². The molecular weight excluding hydrogens is 469 g/mol. The van der Waals surface area contributed by atoms with Crippen LogP contribution in [0.1, 0.15) is 46.6 Å². The molecule has 4 heterocycles. The lowest BCUT2D eigenvalue weighted by molar-refractivity contribution is -0.137. The van der Waals surface area contributed by atoms with Crippen molar-refractivity contribution in [1.82, 2.24) is 19.6 Å². The molecule has 34 heavy (non-hydrogen) atoms. The Bertz CT molecular complexity index is 1240. The van der Waals surface area contributed by atoms with Gasteiger partial charge in [-0.25, -0.2) is 9.59 Å². The topological polar surface area (TPSA) is 78.7 Å². The zero-order chi connectivity index (χ0) is 24.1. The molecule has 1 aromatic carbocycles. The second-order valence-electron chi connectivity index (χ2n) is 8.93. The van der Waals surface area contributed by atoms with E-state index in [0.717, 1.165) is 53.2 Å². The van der Waals surface area contributed by atoms with E-state index in [9.17, 15) is 22.8 Å². The summed E-state index contributed by atoms with van der Waals surface area (Å²) >= 11 is 1.40. The van der Waals surface area contributed by atoms with Gasteiger partial charge in [-0.3, -0.25) is 4.90 Å². The predicted octanol–water partition coefficient (Wildman–Crippen LogP) is 4.91. The molecule has 3 aromatic rings. The maximum atomic E-state index is 13.1. The molecule has 1 N–H and O–H groups in total. The molecule has 0 radical (unpaired) electrons. The Morgan fingerprint density at radius 1 is 1.09 bits per heavy atom. The molecule has 0 bridgehead atoms. The summed E-state index contributed by atoms with van der Waals surface area (Å²) in [5.74, 6) is -1.18. The summed E-state index contributed by atoms with van der Waals surface area (Å²) in [4.78, 5) is 28.9. The van der Waals surface area contributed by atoms with Crippen molar-refractivity contribution in [2.45, 2.75) is 43.9 Å². The van der Waals surface area contributed by atoms with E-state index in [0.29, 0.717) is 24.3 Å². The first kappa shape index (κ1) is 22.9. The lowest BCUT2D eigenvalue weighted by Gasteiger charge is -2.44. The molecular formula is C23H23F3N4O3S. The number of carboxylic acid groups (broad SMARTS) is 1. The first-order valence-electron chi connectivity index (χ1n) is 11.1. The fourth-order valence-corrected chi connectivity index (χ4v) is 6.26. The predicted molar refractivity (Wildman–Crippen MR) is 120 cm³/mol. The van der Waals surface area contributed by atoms with Gasteiger partial charge >= 0.3 is 18.2 Å². The smallest absolute Gasteiger partial charge is 0.416 e. The highest BCUT2D eigenvalue weighted by Crippen LogP contribution is 2.41. The number of likely N-dealkylation sites (tertiary alicyclic amines) is 2. The maximum absolute atomic E-state index is 13.1. The third kappa shape index (κ3) is 4.18. The summed E-state index contributed by atoms with van der Waals surface area (Å²) < 4.78 is 40.9. The number of hydrogen-bond donors (Lipinski definition) is 1. The third-order valence-corrected chi connectivity index (χ3v) is 8.04. The fourth-order valence-electron chi connectivity index (χ4n) is 5.14. The molecule has 2 saturated heterocycles. The van der Waals surface area contributed by atoms with Gasteiger partial charge in [-0.1, -0.05) is 6.07 Å². The van der Waals surface area contributed by atoms with Crippen molar-refractivity contribution < 1.29 is 27.9 Å². The minimum atomic E-state index is -4.35. The number of carbonyl (C=O) groups is 2. The Labute approximate surface area is 197 Å². The normalized spacial score (nSPS) is 18.7. The number of hydrogen-bond acceptors (Lipinski definition) is 5. The van der Waals surface area contributed by atoms with E-state index in [1.165, 1.54) is 35.7 Å². The van der Waals surface area contributed by atoms with Crippen molar-refractivity contribution in [3.05, 3.63) is 52.7 Å². The quantitative estimate of drug-likeness (QED) is 0.562. The number of nitrogens with zero attached hydrogens (tertiary/aromatic N) is 4. The monoisotopic (exact) mass is 492 g/mol. The van der Waals surface area contributed by atoms with Crippen LogP contribution in [0.15, 0.2) is 36.5 Å². The van der Waals surface area contributed by atoms with Crippen molar-refractivity contribution in [2.75, 3.05) is 19.6 Å². The van der Waals surface area contributed by atoms with Gasteiger partial charge in [-0.15, -0.1) is 11.3 Å². The minimum absolute atomic E-state index is 0.0412. The Morgan fingerprint density at radius 2 is 1.85 bits per heavy atom. The van der Waals surface area contributed by atoms with Gasteiger partial charge in [0.25, 0.3) is 0 Å². The van der Waals surface area contributed by atoms with Crippen molar-refractivity contribution in [1.29, 1.82) is 0 Å². The summed E-state index contributed by atoms with van der Waals surface area (Å²) in [7, 11) is 0. The Kier molecular flexibility index (Phi) is 5.64. The van der Waals surface area contributed by atoms with Gasteiger partial charge in [0.2, 0.25) is 0 Å². The summed E-state index contributed by atoms with van der Waals surface area (Å²) in [5.41, 5.74) is -0.842. The van der Waals surface area contributed by atoms with Crippen LogP contribution in [-0.2, 0) is 12.7 Å². The molecule has 0 saturated carbocycles. The lowest BCUT2D eigenvalue weighted by Crippen LogP contribution is -2.53. The van der Waals surface area contributed by atoms with Gasteiger partial charge in [-0.05, 0) is 61.9 Å². The average molecular weight is 493 g/mol. The van der Waals surface area contributed by atoms with Gasteiger partial charge in [0.1, 0.15) is 0 Å². The zero-order valence-electron chi connectivity index (χ0n) is 18.2. The van der Waals surface area contributed by atoms with E-state index in [-0.39, 0.29) is 17.3 Å². The van der Waals surface area contributed by atoms with Gasteiger partial charge in [0.05, 0.1) is 5.56 Å². The second kappa shape index (κ2) is 8.38. The number of rotatable bonds is 3. The van der Waals surface area contributed by atoms with E-state index in [2.05, 4.69) is 10.00 Å². The van der Waals surface area contributed by atoms with E-state index in [1.807, 2.05) is 6.07 Å². The molecule has 0 unspecified atom stereocenters. The van der Waals surface area contributed by atoms with E-state index in [1.54, 1.807) is 4.90 Å². The maximum Gasteiger partial charge on any atom is 0.416 e. The number of thiophene rings is 1. The Hall–Kier alpha value is -2.92. The third-order valence-electron chi connectivity index (χ3n) is 6.95. The van der Waals surface area contributed by atoms with Crippen LogP contribution in [0, 0.1) is 0 Å². The van der Waals surface area contributed by atoms with Gasteiger partial charge < -0.3 is 10.0 Å². The van der Waals surface area contributed by atoms with E-state index < -0.39 is 17.7 Å². The number of aromatic nitrogens is 2. The number of benzene rings is 1. The highest BCUT2D eigenvalue weighted by atomic mass is 32.1. The van der Waals surface area contributed by atoms with Gasteiger partial charge in [-0.2, -0.15) is 23.0 Å². The fraction of sp³-hybridized carbons (Fsp3) is 0.435. The Morgan fingerprint density at radius 3 is 2.53 bits per heavy atom. The standard InChI is InChI=1S/C23H23F3N4O3S/c24-23(25,26)16-3-2-15-12-17(34-19(15)13-16)14-29-8-1-5-22(29)6-10-28(11-7-22)21(33)30-9-4-18(27-30)20(31)32/h2-4,9,12-13H,1,5-8,10-11,14H2,(H,31,32). The number of halogens is 3. The zero-order valence-corrected chi connectivity index (χ0v) is 19.0. The summed E-state index contributed by atoms with van der Waals surface area (Å²) in [6.07, 6.45) is 0.642. The number of carbonyl (C=O) groups excluding carboxylic acids is 1. The lowest BCUT2D eigenvalue weighted by atomic mass is 9.85. The van der Waals surface area contributed by atoms with Crippen molar-refractivity contribution in [2.24, 2.45) is 0 Å². The van der Waals surface area contributed by atoms with Crippen LogP contribution >= 0.6 is 11.3 Å². The molecule has 2 aliphatic rings. The average Bonchev–Trinajstić information content (AvgIpc) is 3.52. The largest absolute Gasteiger partial charge is 0.476 e. The van der Waals surface area contributed by atoms with Gasteiger partial charge in [0.15, 0.2) is 5.69 Å². The molecule has 2 aromatic heterocycles. The molecule has 0 aliphatic carbocycles. The van der Waals surface area contributed by atoms with Gasteiger partial charge in [0, 0.05) is 40.9 Å². The van der Waals surface area contributed by atoms with Crippen LogP contribution in [0.4, 0.5) is 18.0 Å². The van der Waals surface area contributed by atoms with Crippen LogP contribution in [0.5, 0.6) is 0 Å². The highest BCUT2D eigenvalue weighted by molar-refractivity contribution is 7.19. The van der Waals surface area contributed by atoms with E-state index >= 15 is 0 Å². The molecule has 2 aliphatic heterocycles. The van der Waals surface area contributed by atoms with E-state index in [4.69, 9.17) is 5.11 Å².